The second-order valence-corrected chi connectivity index (χ2v) is 7.76. The number of aliphatic hydroxyl groups excluding tert-OH is 1. The molecule has 0 saturated heterocycles. The van der Waals surface area contributed by atoms with E-state index in [-0.39, 0.29) is 11.5 Å². The van der Waals surface area contributed by atoms with Crippen LogP contribution in [0.2, 0.25) is 0 Å². The molecule has 3 aliphatic carbocycles. The Morgan fingerprint density at radius 1 is 1.42 bits per heavy atom. The van der Waals surface area contributed by atoms with Gasteiger partial charge in [-0.15, -0.1) is 6.58 Å². The van der Waals surface area contributed by atoms with Crippen LogP contribution in [-0.2, 0) is 6.42 Å². The van der Waals surface area contributed by atoms with Crippen LogP contribution >= 0.6 is 0 Å². The molecule has 0 aromatic heterocycles. The number of methoxy groups -OCH3 is 1. The van der Waals surface area contributed by atoms with Gasteiger partial charge in [-0.05, 0) is 73.1 Å². The summed E-state index contributed by atoms with van der Waals surface area (Å²) in [5.74, 6) is 2.47. The molecule has 5 atom stereocenters. The molecule has 1 N–H and O–H groups in total. The van der Waals surface area contributed by atoms with Crippen molar-refractivity contribution < 1.29 is 9.84 Å². The molecular formula is C22H28O2. The Labute approximate surface area is 145 Å². The van der Waals surface area contributed by atoms with Crippen molar-refractivity contribution in [3.8, 4) is 5.75 Å². The monoisotopic (exact) mass is 324 g/mol. The van der Waals surface area contributed by atoms with Crippen molar-refractivity contribution in [1.29, 1.82) is 0 Å². The molecule has 0 heterocycles. The Morgan fingerprint density at radius 2 is 2.25 bits per heavy atom. The van der Waals surface area contributed by atoms with E-state index in [9.17, 15) is 5.11 Å². The third kappa shape index (κ3) is 2.05. The van der Waals surface area contributed by atoms with Crippen LogP contribution in [-0.4, -0.2) is 18.3 Å². The van der Waals surface area contributed by atoms with E-state index in [1.54, 1.807) is 7.11 Å². The minimum absolute atomic E-state index is 0.0202. The number of ether oxygens (including phenoxy) is 1. The van der Waals surface area contributed by atoms with Gasteiger partial charge in [-0.25, -0.2) is 0 Å². The van der Waals surface area contributed by atoms with Gasteiger partial charge in [0.25, 0.3) is 0 Å². The summed E-state index contributed by atoms with van der Waals surface area (Å²) in [5.41, 5.74) is 4.46. The van der Waals surface area contributed by atoms with E-state index in [1.807, 2.05) is 0 Å². The van der Waals surface area contributed by atoms with Crippen molar-refractivity contribution in [1.82, 2.24) is 0 Å². The Hall–Kier alpha value is -1.54. The molecule has 1 fully saturated rings. The molecule has 0 bridgehead atoms. The summed E-state index contributed by atoms with van der Waals surface area (Å²) in [5, 5.41) is 10.7. The van der Waals surface area contributed by atoms with Crippen molar-refractivity contribution in [2.45, 2.75) is 51.0 Å². The quantitative estimate of drug-likeness (QED) is 0.821. The summed E-state index contributed by atoms with van der Waals surface area (Å²) in [7, 11) is 1.74. The molecule has 128 valence electrons. The lowest BCUT2D eigenvalue weighted by Crippen LogP contribution is -2.44. The summed E-state index contributed by atoms with van der Waals surface area (Å²) in [6.07, 6.45) is 9.48. The van der Waals surface area contributed by atoms with Crippen LogP contribution in [0.1, 0.15) is 49.7 Å². The molecule has 0 amide bonds. The number of hydrogen-bond acceptors (Lipinski definition) is 2. The molecule has 0 aliphatic heterocycles. The van der Waals surface area contributed by atoms with Gasteiger partial charge in [-0.2, -0.15) is 0 Å². The van der Waals surface area contributed by atoms with E-state index >= 15 is 0 Å². The van der Waals surface area contributed by atoms with Gasteiger partial charge in [0.2, 0.25) is 0 Å². The lowest BCUT2D eigenvalue weighted by Gasteiger charge is -2.51. The van der Waals surface area contributed by atoms with E-state index < -0.39 is 0 Å². The summed E-state index contributed by atoms with van der Waals surface area (Å²) in [6.45, 7) is 6.39. The molecule has 1 saturated carbocycles. The van der Waals surface area contributed by atoms with Crippen LogP contribution in [0.25, 0.3) is 0 Å². The predicted molar refractivity (Wildman–Crippen MR) is 97.3 cm³/mol. The molecule has 24 heavy (non-hydrogen) atoms. The lowest BCUT2D eigenvalue weighted by atomic mass is 9.54. The average Bonchev–Trinajstić information content (AvgIpc) is 2.97. The molecular weight excluding hydrogens is 296 g/mol. The smallest absolute Gasteiger partial charge is 0.119 e. The molecule has 1 unspecified atom stereocenters. The first-order chi connectivity index (χ1) is 11.6. The van der Waals surface area contributed by atoms with Gasteiger partial charge < -0.3 is 9.84 Å². The van der Waals surface area contributed by atoms with E-state index in [0.29, 0.717) is 17.8 Å². The van der Waals surface area contributed by atoms with E-state index in [4.69, 9.17) is 4.74 Å². The molecule has 2 heteroatoms. The van der Waals surface area contributed by atoms with Crippen molar-refractivity contribution in [2.75, 3.05) is 7.11 Å². The predicted octanol–water partition coefficient (Wildman–Crippen LogP) is 4.63. The molecule has 1 aromatic carbocycles. The zero-order chi connectivity index (χ0) is 16.9. The van der Waals surface area contributed by atoms with Gasteiger partial charge in [-0.1, -0.05) is 30.7 Å². The standard InChI is InChI=1S/C22H28O2/c1-4-14-12-15-13-16(24-3)6-7-17(15)18-10-11-22(5-2)19(21(14)18)8-9-20(22)23/h4,6-8,13-14,18,20-21,23H,1,5,9-12H2,2-3H3/t14-,18-,20+,21-,22?/m1/s1. The molecule has 0 radical (unpaired) electrons. The summed E-state index contributed by atoms with van der Waals surface area (Å²) in [6, 6.07) is 6.58. The fourth-order valence-electron chi connectivity index (χ4n) is 5.80. The van der Waals surface area contributed by atoms with E-state index in [0.717, 1.165) is 37.9 Å². The van der Waals surface area contributed by atoms with E-state index in [2.05, 4.69) is 43.9 Å². The summed E-state index contributed by atoms with van der Waals surface area (Å²) < 4.78 is 5.43. The van der Waals surface area contributed by atoms with Crippen molar-refractivity contribution >= 4 is 0 Å². The molecule has 0 spiro atoms. The maximum Gasteiger partial charge on any atom is 0.119 e. The summed E-state index contributed by atoms with van der Waals surface area (Å²) in [4.78, 5) is 0. The molecule has 2 nitrogen and oxygen atoms in total. The van der Waals surface area contributed by atoms with Crippen LogP contribution in [0.3, 0.4) is 0 Å². The topological polar surface area (TPSA) is 29.5 Å². The normalized spacial score (nSPS) is 37.0. The first kappa shape index (κ1) is 16.0. The number of fused-ring (bicyclic) bond motifs is 5. The van der Waals surface area contributed by atoms with Gasteiger partial charge in [0, 0.05) is 5.41 Å². The molecule has 4 rings (SSSR count). The zero-order valence-corrected chi connectivity index (χ0v) is 14.8. The third-order valence-corrected chi connectivity index (χ3v) is 7.07. The number of benzene rings is 1. The first-order valence-corrected chi connectivity index (χ1v) is 9.32. The fourth-order valence-corrected chi connectivity index (χ4v) is 5.80. The molecule has 1 aromatic rings. The second kappa shape index (κ2) is 5.77. The van der Waals surface area contributed by atoms with Crippen LogP contribution < -0.4 is 4.74 Å². The van der Waals surface area contributed by atoms with Gasteiger partial charge in [0.15, 0.2) is 0 Å². The Morgan fingerprint density at radius 3 is 2.96 bits per heavy atom. The van der Waals surface area contributed by atoms with Gasteiger partial charge in [-0.3, -0.25) is 0 Å². The Kier molecular flexibility index (Phi) is 3.84. The number of allylic oxidation sites excluding steroid dienone is 1. The minimum atomic E-state index is -0.193. The zero-order valence-electron chi connectivity index (χ0n) is 14.8. The van der Waals surface area contributed by atoms with Gasteiger partial charge in [0.1, 0.15) is 5.75 Å². The van der Waals surface area contributed by atoms with Crippen LogP contribution in [0.5, 0.6) is 5.75 Å². The van der Waals surface area contributed by atoms with Gasteiger partial charge >= 0.3 is 0 Å². The highest BCUT2D eigenvalue weighted by Crippen LogP contribution is 2.61. The lowest BCUT2D eigenvalue weighted by molar-refractivity contribution is 0.0270. The maximum absolute atomic E-state index is 10.7. The number of aliphatic hydroxyl groups is 1. The van der Waals surface area contributed by atoms with Crippen LogP contribution in [0, 0.1) is 17.3 Å². The number of hydrogen-bond donors (Lipinski definition) is 1. The summed E-state index contributed by atoms with van der Waals surface area (Å²) >= 11 is 0. The van der Waals surface area contributed by atoms with Crippen molar-refractivity contribution in [2.24, 2.45) is 17.3 Å². The van der Waals surface area contributed by atoms with Gasteiger partial charge in [0.05, 0.1) is 13.2 Å². The second-order valence-electron chi connectivity index (χ2n) is 7.76. The fraction of sp³-hybridized carbons (Fsp3) is 0.545. The SMILES string of the molecule is C=C[C@@H]1Cc2cc(OC)ccc2[C@H]2CCC3(CC)C(=CC[C@@H]3O)[C@H]12. The van der Waals surface area contributed by atoms with Crippen LogP contribution in [0.15, 0.2) is 42.5 Å². The highest BCUT2D eigenvalue weighted by atomic mass is 16.5. The van der Waals surface area contributed by atoms with Crippen molar-refractivity contribution in [3.05, 3.63) is 53.6 Å². The Bertz CT molecular complexity index is 689. The van der Waals surface area contributed by atoms with Crippen molar-refractivity contribution in [3.63, 3.8) is 0 Å². The Balaban J connectivity index is 1.80. The highest BCUT2D eigenvalue weighted by Gasteiger charge is 2.53. The highest BCUT2D eigenvalue weighted by molar-refractivity contribution is 5.45. The van der Waals surface area contributed by atoms with Crippen LogP contribution in [0.4, 0.5) is 0 Å². The minimum Gasteiger partial charge on any atom is -0.497 e. The average molecular weight is 324 g/mol. The largest absolute Gasteiger partial charge is 0.497 e. The number of rotatable bonds is 3. The molecule has 3 aliphatic rings. The first-order valence-electron chi connectivity index (χ1n) is 9.32. The third-order valence-electron chi connectivity index (χ3n) is 7.07. The maximum atomic E-state index is 10.7. The van der Waals surface area contributed by atoms with E-state index in [1.165, 1.54) is 16.7 Å².